The van der Waals surface area contributed by atoms with Crippen molar-refractivity contribution < 1.29 is 9.59 Å². The van der Waals surface area contributed by atoms with Crippen molar-refractivity contribution in [1.82, 2.24) is 25.5 Å². The highest BCUT2D eigenvalue weighted by Crippen LogP contribution is 2.32. The van der Waals surface area contributed by atoms with Crippen molar-refractivity contribution in [1.29, 1.82) is 0 Å². The molecule has 7 heteroatoms. The van der Waals surface area contributed by atoms with Crippen LogP contribution in [0.15, 0.2) is 6.20 Å². The molecule has 2 amide bonds. The number of hydrogen-bond donors (Lipinski definition) is 2. The minimum atomic E-state index is -0.0691. The minimum Gasteiger partial charge on any atom is -0.352 e. The van der Waals surface area contributed by atoms with Gasteiger partial charge in [-0.15, -0.1) is 0 Å². The monoisotopic (exact) mass is 427 g/mol. The number of aromatic nitrogens is 2. The van der Waals surface area contributed by atoms with E-state index in [4.69, 9.17) is 4.98 Å². The van der Waals surface area contributed by atoms with Crippen molar-refractivity contribution in [2.45, 2.75) is 102 Å². The molecule has 1 aromatic rings. The van der Waals surface area contributed by atoms with Crippen LogP contribution in [0.3, 0.4) is 0 Å². The largest absolute Gasteiger partial charge is 0.352 e. The second-order valence-corrected chi connectivity index (χ2v) is 9.56. The molecule has 1 saturated heterocycles. The van der Waals surface area contributed by atoms with Gasteiger partial charge in [0, 0.05) is 18.3 Å². The molecule has 2 saturated carbocycles. The van der Waals surface area contributed by atoms with Crippen LogP contribution in [0, 0.1) is 6.92 Å². The average molecular weight is 428 g/mol. The fraction of sp³-hybridized carbons (Fsp3) is 0.750. The lowest BCUT2D eigenvalue weighted by atomic mass is 9.95. The van der Waals surface area contributed by atoms with Gasteiger partial charge < -0.3 is 10.6 Å². The normalized spacial score (nSPS) is 23.6. The van der Waals surface area contributed by atoms with Crippen LogP contribution in [0.1, 0.15) is 105 Å². The van der Waals surface area contributed by atoms with Crippen molar-refractivity contribution in [2.24, 2.45) is 0 Å². The van der Waals surface area contributed by atoms with Crippen LogP contribution in [-0.2, 0) is 4.79 Å². The molecule has 0 aromatic carbocycles. The van der Waals surface area contributed by atoms with Gasteiger partial charge in [-0.05, 0) is 52.0 Å². The molecule has 0 spiro atoms. The molecule has 31 heavy (non-hydrogen) atoms. The molecule has 2 aliphatic carbocycles. The van der Waals surface area contributed by atoms with E-state index < -0.39 is 0 Å². The standard InChI is InChI=1S/C24H37N5O2/c1-17-25-15-20(24(31)28-19-11-6-3-7-12-19)23(26-17)21-13-8-14-29(21)16-22(30)27-18-9-4-2-5-10-18/h15,18-19,21H,2-14,16H2,1H3,(H,27,30)(H,28,31). The van der Waals surface area contributed by atoms with Gasteiger partial charge >= 0.3 is 0 Å². The van der Waals surface area contributed by atoms with Gasteiger partial charge in [0.2, 0.25) is 5.91 Å². The molecular formula is C24H37N5O2. The number of nitrogens with one attached hydrogen (secondary N) is 2. The molecule has 0 bridgehead atoms. The number of likely N-dealkylation sites (tertiary alicyclic amines) is 1. The van der Waals surface area contributed by atoms with Crippen LogP contribution in [0.2, 0.25) is 0 Å². The maximum atomic E-state index is 13.1. The van der Waals surface area contributed by atoms with E-state index in [-0.39, 0.29) is 23.9 Å². The summed E-state index contributed by atoms with van der Waals surface area (Å²) in [6, 6.07) is 0.558. The molecule has 3 aliphatic rings. The Labute approximate surface area is 185 Å². The Hall–Kier alpha value is -2.02. The third kappa shape index (κ3) is 5.82. The molecule has 1 atom stereocenters. The molecule has 2 N–H and O–H groups in total. The third-order valence-electron chi connectivity index (χ3n) is 7.12. The van der Waals surface area contributed by atoms with Gasteiger partial charge in [0.05, 0.1) is 23.8 Å². The summed E-state index contributed by atoms with van der Waals surface area (Å²) in [6.45, 7) is 3.09. The maximum absolute atomic E-state index is 13.1. The van der Waals surface area contributed by atoms with Crippen molar-refractivity contribution in [3.05, 3.63) is 23.3 Å². The topological polar surface area (TPSA) is 87.2 Å². The van der Waals surface area contributed by atoms with Gasteiger partial charge in [-0.3, -0.25) is 14.5 Å². The van der Waals surface area contributed by atoms with E-state index >= 15 is 0 Å². The Kier molecular flexibility index (Phi) is 7.54. The van der Waals surface area contributed by atoms with Crippen molar-refractivity contribution in [3.8, 4) is 0 Å². The Morgan fingerprint density at radius 2 is 1.58 bits per heavy atom. The quantitative estimate of drug-likeness (QED) is 0.726. The highest BCUT2D eigenvalue weighted by Gasteiger charge is 2.33. The molecular weight excluding hydrogens is 390 g/mol. The number of amides is 2. The summed E-state index contributed by atoms with van der Waals surface area (Å²) in [4.78, 5) is 37.0. The fourth-order valence-corrected chi connectivity index (χ4v) is 5.46. The maximum Gasteiger partial charge on any atom is 0.254 e. The van der Waals surface area contributed by atoms with E-state index in [9.17, 15) is 9.59 Å². The lowest BCUT2D eigenvalue weighted by Gasteiger charge is -2.28. The van der Waals surface area contributed by atoms with E-state index in [0.717, 1.165) is 50.8 Å². The van der Waals surface area contributed by atoms with Crippen molar-refractivity contribution in [3.63, 3.8) is 0 Å². The Morgan fingerprint density at radius 1 is 0.935 bits per heavy atom. The zero-order valence-electron chi connectivity index (χ0n) is 18.9. The van der Waals surface area contributed by atoms with Gasteiger partial charge in [-0.2, -0.15) is 0 Å². The number of carbonyl (C=O) groups excluding carboxylic acids is 2. The van der Waals surface area contributed by atoms with E-state index in [1.807, 2.05) is 6.92 Å². The first-order valence-corrected chi connectivity index (χ1v) is 12.3. The SMILES string of the molecule is Cc1ncc(C(=O)NC2CCCCC2)c(C2CCCN2CC(=O)NC2CCCCC2)n1. The first-order chi connectivity index (χ1) is 15.1. The van der Waals surface area contributed by atoms with E-state index in [1.54, 1.807) is 6.20 Å². The predicted octanol–water partition coefficient (Wildman–Crippen LogP) is 3.43. The zero-order valence-corrected chi connectivity index (χ0v) is 18.9. The van der Waals surface area contributed by atoms with Crippen LogP contribution < -0.4 is 10.6 Å². The summed E-state index contributed by atoms with van der Waals surface area (Å²) >= 11 is 0. The molecule has 4 rings (SSSR count). The number of carbonyl (C=O) groups is 2. The summed E-state index contributed by atoms with van der Waals surface area (Å²) < 4.78 is 0. The van der Waals surface area contributed by atoms with Gasteiger partial charge in [0.25, 0.3) is 5.91 Å². The van der Waals surface area contributed by atoms with Gasteiger partial charge in [0.15, 0.2) is 0 Å². The van der Waals surface area contributed by atoms with Crippen LogP contribution in [0.25, 0.3) is 0 Å². The predicted molar refractivity (Wildman–Crippen MR) is 120 cm³/mol. The number of aryl methyl sites for hydroxylation is 1. The van der Waals surface area contributed by atoms with E-state index in [2.05, 4.69) is 20.5 Å². The Balaban J connectivity index is 1.44. The number of rotatable bonds is 6. The molecule has 3 fully saturated rings. The summed E-state index contributed by atoms with van der Waals surface area (Å²) in [5.41, 5.74) is 1.35. The highest BCUT2D eigenvalue weighted by molar-refractivity contribution is 5.95. The van der Waals surface area contributed by atoms with Crippen LogP contribution >= 0.6 is 0 Å². The summed E-state index contributed by atoms with van der Waals surface area (Å²) in [5, 5.41) is 6.44. The van der Waals surface area contributed by atoms with Crippen LogP contribution in [-0.4, -0.2) is 51.9 Å². The fourth-order valence-electron chi connectivity index (χ4n) is 5.46. The summed E-state index contributed by atoms with van der Waals surface area (Å²) in [7, 11) is 0. The first kappa shape index (κ1) is 22.2. The Morgan fingerprint density at radius 3 is 2.26 bits per heavy atom. The molecule has 1 unspecified atom stereocenters. The van der Waals surface area contributed by atoms with Crippen molar-refractivity contribution in [2.75, 3.05) is 13.1 Å². The second-order valence-electron chi connectivity index (χ2n) is 9.56. The smallest absolute Gasteiger partial charge is 0.254 e. The molecule has 170 valence electrons. The molecule has 0 radical (unpaired) electrons. The van der Waals surface area contributed by atoms with Gasteiger partial charge in [-0.25, -0.2) is 9.97 Å². The van der Waals surface area contributed by atoms with Crippen LogP contribution in [0.5, 0.6) is 0 Å². The van der Waals surface area contributed by atoms with Crippen LogP contribution in [0.4, 0.5) is 0 Å². The lowest BCUT2D eigenvalue weighted by molar-refractivity contribution is -0.123. The average Bonchev–Trinajstić information content (AvgIpc) is 3.22. The first-order valence-electron chi connectivity index (χ1n) is 12.3. The van der Waals surface area contributed by atoms with Gasteiger partial charge in [-0.1, -0.05) is 38.5 Å². The molecule has 7 nitrogen and oxygen atoms in total. The summed E-state index contributed by atoms with van der Waals surface area (Å²) in [5.74, 6) is 0.695. The molecule has 2 heterocycles. The second kappa shape index (κ2) is 10.5. The zero-order chi connectivity index (χ0) is 21.6. The third-order valence-corrected chi connectivity index (χ3v) is 7.12. The minimum absolute atomic E-state index is 0.00842. The number of nitrogens with zero attached hydrogens (tertiary/aromatic N) is 3. The molecule has 1 aromatic heterocycles. The highest BCUT2D eigenvalue weighted by atomic mass is 16.2. The van der Waals surface area contributed by atoms with E-state index in [0.29, 0.717) is 24.0 Å². The van der Waals surface area contributed by atoms with Gasteiger partial charge in [0.1, 0.15) is 5.82 Å². The van der Waals surface area contributed by atoms with Crippen molar-refractivity contribution >= 4 is 11.8 Å². The lowest BCUT2D eigenvalue weighted by Crippen LogP contribution is -2.43. The van der Waals surface area contributed by atoms with E-state index in [1.165, 1.54) is 38.5 Å². The Bertz CT molecular complexity index is 771. The molecule has 1 aliphatic heterocycles. The number of hydrogen-bond acceptors (Lipinski definition) is 5. The summed E-state index contributed by atoms with van der Waals surface area (Å²) in [6.07, 6.45) is 15.2.